The Bertz CT molecular complexity index is 697. The van der Waals surface area contributed by atoms with Gasteiger partial charge in [0.2, 0.25) is 0 Å². The number of ether oxygens (including phenoxy) is 2. The molecule has 3 N–H and O–H groups in total. The molecule has 1 fully saturated rings. The number of methoxy groups -OCH3 is 2. The summed E-state index contributed by atoms with van der Waals surface area (Å²) in [5, 5.41) is 16.6. The minimum Gasteiger partial charge on any atom is -0.493 e. The van der Waals surface area contributed by atoms with E-state index in [0.717, 1.165) is 41.3 Å². The van der Waals surface area contributed by atoms with Crippen LogP contribution in [0.1, 0.15) is 5.56 Å². The van der Waals surface area contributed by atoms with E-state index in [1.807, 2.05) is 30.3 Å². The summed E-state index contributed by atoms with van der Waals surface area (Å²) in [5.41, 5.74) is 3.41. The highest BCUT2D eigenvalue weighted by atomic mass is 35.5. The second-order valence-corrected chi connectivity index (χ2v) is 6.35. The van der Waals surface area contributed by atoms with Crippen molar-refractivity contribution in [1.82, 2.24) is 10.6 Å². The van der Waals surface area contributed by atoms with Crippen LogP contribution in [0.3, 0.4) is 0 Å². The molecule has 2 unspecified atom stereocenters. The zero-order chi connectivity index (χ0) is 17.6. The van der Waals surface area contributed by atoms with Crippen LogP contribution in [0.25, 0.3) is 11.1 Å². The maximum Gasteiger partial charge on any atom is 0.161 e. The standard InChI is InChI=1S/C20H26N2O3.ClH/c1-24-19-8-15(10-21-11-16-12-22-13-18(16)23)17(9-20(19)25-2)14-6-4-3-5-7-14;/h3-9,16,18,21-23H,10-13H2,1-2H3;1H. The molecule has 0 spiro atoms. The van der Waals surface area contributed by atoms with Crippen molar-refractivity contribution in [1.29, 1.82) is 0 Å². The molecule has 0 radical (unpaired) electrons. The molecule has 6 heteroatoms. The van der Waals surface area contributed by atoms with Gasteiger partial charge in [0.05, 0.1) is 20.3 Å². The number of nitrogens with one attached hydrogen (secondary N) is 2. The molecular formula is C20H27ClN2O3. The molecule has 142 valence electrons. The lowest BCUT2D eigenvalue weighted by Crippen LogP contribution is -2.30. The predicted molar refractivity (Wildman–Crippen MR) is 106 cm³/mol. The van der Waals surface area contributed by atoms with E-state index in [0.29, 0.717) is 13.1 Å². The second-order valence-electron chi connectivity index (χ2n) is 6.35. The predicted octanol–water partition coefficient (Wildman–Crippen LogP) is 2.46. The van der Waals surface area contributed by atoms with Crippen molar-refractivity contribution >= 4 is 12.4 Å². The topological polar surface area (TPSA) is 62.8 Å². The normalized spacial score (nSPS) is 19.0. The number of hydrogen-bond acceptors (Lipinski definition) is 5. The number of halogens is 1. The summed E-state index contributed by atoms with van der Waals surface area (Å²) in [6, 6.07) is 14.3. The van der Waals surface area contributed by atoms with Gasteiger partial charge in [-0.15, -0.1) is 12.4 Å². The van der Waals surface area contributed by atoms with Crippen LogP contribution >= 0.6 is 12.4 Å². The van der Waals surface area contributed by atoms with Gasteiger partial charge < -0.3 is 25.2 Å². The molecule has 0 aliphatic carbocycles. The highest BCUT2D eigenvalue weighted by Crippen LogP contribution is 2.35. The summed E-state index contributed by atoms with van der Waals surface area (Å²) >= 11 is 0. The average molecular weight is 379 g/mol. The van der Waals surface area contributed by atoms with E-state index in [9.17, 15) is 5.11 Å². The molecule has 2 atom stereocenters. The fourth-order valence-electron chi connectivity index (χ4n) is 3.27. The minimum atomic E-state index is -0.272. The number of rotatable bonds is 7. The van der Waals surface area contributed by atoms with Crippen molar-refractivity contribution in [3.8, 4) is 22.6 Å². The Balaban J connectivity index is 0.00000243. The van der Waals surface area contributed by atoms with Crippen molar-refractivity contribution < 1.29 is 14.6 Å². The Morgan fingerprint density at radius 3 is 2.38 bits per heavy atom. The van der Waals surface area contributed by atoms with Gasteiger partial charge in [0, 0.05) is 32.1 Å². The Kier molecular flexibility index (Phi) is 7.72. The Hall–Kier alpha value is -1.79. The molecule has 2 aromatic carbocycles. The van der Waals surface area contributed by atoms with E-state index in [1.165, 1.54) is 0 Å². The van der Waals surface area contributed by atoms with E-state index < -0.39 is 0 Å². The van der Waals surface area contributed by atoms with Crippen LogP contribution in [0, 0.1) is 5.92 Å². The van der Waals surface area contributed by atoms with E-state index in [2.05, 4.69) is 22.8 Å². The Morgan fingerprint density at radius 1 is 1.08 bits per heavy atom. The van der Waals surface area contributed by atoms with Gasteiger partial charge in [-0.25, -0.2) is 0 Å². The first-order valence-electron chi connectivity index (χ1n) is 8.62. The van der Waals surface area contributed by atoms with Crippen molar-refractivity contribution in [3.63, 3.8) is 0 Å². The highest BCUT2D eigenvalue weighted by molar-refractivity contribution is 5.85. The third-order valence-corrected chi connectivity index (χ3v) is 4.72. The van der Waals surface area contributed by atoms with Gasteiger partial charge >= 0.3 is 0 Å². The number of hydrogen-bond donors (Lipinski definition) is 3. The van der Waals surface area contributed by atoms with Crippen LogP contribution in [-0.4, -0.2) is 45.1 Å². The molecule has 0 amide bonds. The average Bonchev–Trinajstić information content (AvgIpc) is 3.07. The van der Waals surface area contributed by atoms with Gasteiger partial charge in [0.25, 0.3) is 0 Å². The van der Waals surface area contributed by atoms with E-state index in [1.54, 1.807) is 14.2 Å². The second kappa shape index (κ2) is 9.78. The first-order chi connectivity index (χ1) is 12.2. The van der Waals surface area contributed by atoms with Crippen molar-refractivity contribution in [2.24, 2.45) is 5.92 Å². The SMILES string of the molecule is COc1cc(CNCC2CNCC2O)c(-c2ccccc2)cc1OC.Cl. The van der Waals surface area contributed by atoms with E-state index in [4.69, 9.17) is 9.47 Å². The molecule has 2 aromatic rings. The zero-order valence-electron chi connectivity index (χ0n) is 15.2. The lowest BCUT2D eigenvalue weighted by Gasteiger charge is -2.18. The molecule has 5 nitrogen and oxygen atoms in total. The first-order valence-corrected chi connectivity index (χ1v) is 8.62. The molecule has 1 heterocycles. The Morgan fingerprint density at radius 2 is 1.77 bits per heavy atom. The summed E-state index contributed by atoms with van der Waals surface area (Å²) < 4.78 is 10.9. The van der Waals surface area contributed by atoms with Gasteiger partial charge in [-0.3, -0.25) is 0 Å². The molecule has 0 aromatic heterocycles. The maximum absolute atomic E-state index is 9.93. The number of β-amino-alcohol motifs (C(OH)–C–C–N with tert-alkyl or cyclic N) is 1. The summed E-state index contributed by atoms with van der Waals surface area (Å²) in [6.45, 7) is 3.01. The molecule has 26 heavy (non-hydrogen) atoms. The van der Waals surface area contributed by atoms with Crippen LogP contribution in [-0.2, 0) is 6.54 Å². The molecule has 0 saturated carbocycles. The molecular weight excluding hydrogens is 352 g/mol. The van der Waals surface area contributed by atoms with Gasteiger partial charge in [-0.2, -0.15) is 0 Å². The fourth-order valence-corrected chi connectivity index (χ4v) is 3.27. The smallest absolute Gasteiger partial charge is 0.161 e. The van der Waals surface area contributed by atoms with Crippen LogP contribution in [0.2, 0.25) is 0 Å². The van der Waals surface area contributed by atoms with Gasteiger partial charge in [0.1, 0.15) is 0 Å². The maximum atomic E-state index is 9.93. The number of aliphatic hydroxyl groups excluding tert-OH is 1. The van der Waals surface area contributed by atoms with Crippen molar-refractivity contribution in [2.45, 2.75) is 12.6 Å². The lowest BCUT2D eigenvalue weighted by molar-refractivity contribution is 0.146. The third-order valence-electron chi connectivity index (χ3n) is 4.72. The molecule has 1 saturated heterocycles. The quantitative estimate of drug-likeness (QED) is 0.690. The van der Waals surface area contributed by atoms with Crippen LogP contribution in [0.5, 0.6) is 11.5 Å². The Labute approximate surface area is 161 Å². The molecule has 0 bridgehead atoms. The van der Waals surface area contributed by atoms with Crippen LogP contribution in [0.4, 0.5) is 0 Å². The van der Waals surface area contributed by atoms with Gasteiger partial charge in [-0.05, 0) is 28.8 Å². The van der Waals surface area contributed by atoms with Crippen molar-refractivity contribution in [3.05, 3.63) is 48.0 Å². The fraction of sp³-hybridized carbons (Fsp3) is 0.400. The minimum absolute atomic E-state index is 0. The van der Waals surface area contributed by atoms with Gasteiger partial charge in [0.15, 0.2) is 11.5 Å². The molecule has 1 aliphatic rings. The lowest BCUT2D eigenvalue weighted by atomic mass is 9.98. The van der Waals surface area contributed by atoms with Gasteiger partial charge in [-0.1, -0.05) is 30.3 Å². The summed E-state index contributed by atoms with van der Waals surface area (Å²) in [7, 11) is 3.30. The van der Waals surface area contributed by atoms with Crippen LogP contribution < -0.4 is 20.1 Å². The molecule has 1 aliphatic heterocycles. The zero-order valence-corrected chi connectivity index (χ0v) is 16.0. The summed E-state index contributed by atoms with van der Waals surface area (Å²) in [6.07, 6.45) is -0.272. The number of aliphatic hydroxyl groups is 1. The monoisotopic (exact) mass is 378 g/mol. The third kappa shape index (κ3) is 4.68. The van der Waals surface area contributed by atoms with E-state index >= 15 is 0 Å². The number of benzene rings is 2. The summed E-state index contributed by atoms with van der Waals surface area (Å²) in [5.74, 6) is 1.70. The molecule has 3 rings (SSSR count). The first kappa shape index (κ1) is 20.5. The summed E-state index contributed by atoms with van der Waals surface area (Å²) in [4.78, 5) is 0. The highest BCUT2D eigenvalue weighted by Gasteiger charge is 2.24. The van der Waals surface area contributed by atoms with Crippen LogP contribution in [0.15, 0.2) is 42.5 Å². The largest absolute Gasteiger partial charge is 0.493 e. The van der Waals surface area contributed by atoms with Crippen molar-refractivity contribution in [2.75, 3.05) is 33.9 Å². The van der Waals surface area contributed by atoms with E-state index in [-0.39, 0.29) is 24.4 Å².